The summed E-state index contributed by atoms with van der Waals surface area (Å²) in [5.74, 6) is -0.713. The predicted molar refractivity (Wildman–Crippen MR) is 60.6 cm³/mol. The number of nitrogens with zero attached hydrogens (tertiary/aromatic N) is 1. The van der Waals surface area contributed by atoms with E-state index in [2.05, 4.69) is 0 Å². The number of aromatic nitrogens is 1. The van der Waals surface area contributed by atoms with Gasteiger partial charge >= 0.3 is 0 Å². The van der Waals surface area contributed by atoms with Crippen LogP contribution in [0, 0.1) is 0 Å². The third-order valence-electron chi connectivity index (χ3n) is 2.24. The summed E-state index contributed by atoms with van der Waals surface area (Å²) >= 11 is 0. The first-order chi connectivity index (χ1) is 7.68. The van der Waals surface area contributed by atoms with Gasteiger partial charge in [-0.2, -0.15) is 0 Å². The fourth-order valence-corrected chi connectivity index (χ4v) is 1.43. The van der Waals surface area contributed by atoms with E-state index in [1.807, 2.05) is 30.3 Å². The van der Waals surface area contributed by atoms with Crippen LogP contribution in [0.3, 0.4) is 0 Å². The minimum absolute atomic E-state index is 0.00801. The van der Waals surface area contributed by atoms with Crippen molar-refractivity contribution in [2.45, 2.75) is 0 Å². The van der Waals surface area contributed by atoms with Crippen LogP contribution in [0.1, 0.15) is 10.4 Å². The van der Waals surface area contributed by atoms with E-state index in [1.54, 1.807) is 10.8 Å². The fraction of sp³-hybridized carbons (Fsp3) is 0. The lowest BCUT2D eigenvalue weighted by Crippen LogP contribution is -2.22. The molecule has 0 saturated heterocycles. The van der Waals surface area contributed by atoms with E-state index in [-0.39, 0.29) is 11.0 Å². The lowest BCUT2D eigenvalue weighted by Gasteiger charge is -2.06. The summed E-state index contributed by atoms with van der Waals surface area (Å²) < 4.78 is 1.68. The molecule has 1 aromatic heterocycles. The molecule has 16 heavy (non-hydrogen) atoms. The Labute approximate surface area is 91.9 Å². The first kappa shape index (κ1) is 10.2. The molecule has 2 aromatic rings. The van der Waals surface area contributed by atoms with E-state index < -0.39 is 5.91 Å². The fourth-order valence-electron chi connectivity index (χ4n) is 1.43. The van der Waals surface area contributed by atoms with E-state index in [9.17, 15) is 9.59 Å². The van der Waals surface area contributed by atoms with Crippen molar-refractivity contribution >= 4 is 5.91 Å². The van der Waals surface area contributed by atoms with Crippen molar-refractivity contribution in [2.75, 3.05) is 0 Å². The zero-order chi connectivity index (χ0) is 11.5. The number of amides is 1. The van der Waals surface area contributed by atoms with Crippen LogP contribution in [0.4, 0.5) is 0 Å². The third-order valence-corrected chi connectivity index (χ3v) is 2.24. The molecule has 4 heteroatoms. The van der Waals surface area contributed by atoms with E-state index in [4.69, 9.17) is 5.73 Å². The summed E-state index contributed by atoms with van der Waals surface area (Å²) in [5, 5.41) is 0. The molecule has 0 fully saturated rings. The number of hydrogen-bond acceptors (Lipinski definition) is 2. The Bertz CT molecular complexity index is 573. The highest BCUT2D eigenvalue weighted by Crippen LogP contribution is 2.06. The molecule has 0 saturated carbocycles. The number of para-hydroxylation sites is 1. The second-order valence-corrected chi connectivity index (χ2v) is 3.33. The molecule has 0 radical (unpaired) electrons. The molecule has 1 aromatic carbocycles. The molecule has 0 bridgehead atoms. The van der Waals surface area contributed by atoms with Gasteiger partial charge in [0.2, 0.25) is 0 Å². The minimum Gasteiger partial charge on any atom is -0.365 e. The molecule has 4 nitrogen and oxygen atoms in total. The van der Waals surface area contributed by atoms with Crippen molar-refractivity contribution < 1.29 is 4.79 Å². The molecule has 0 atom stereocenters. The smallest absolute Gasteiger partial charge is 0.254 e. The van der Waals surface area contributed by atoms with Crippen molar-refractivity contribution in [3.8, 4) is 5.69 Å². The number of carbonyl (C=O) groups is 1. The van der Waals surface area contributed by atoms with Crippen LogP contribution >= 0.6 is 0 Å². The average molecular weight is 214 g/mol. The van der Waals surface area contributed by atoms with Crippen molar-refractivity contribution in [3.05, 3.63) is 64.6 Å². The maximum atomic E-state index is 11.3. The summed E-state index contributed by atoms with van der Waals surface area (Å²) in [7, 11) is 0. The molecular weight excluding hydrogens is 204 g/mol. The van der Waals surface area contributed by atoms with Gasteiger partial charge in [-0.25, -0.2) is 0 Å². The van der Waals surface area contributed by atoms with Gasteiger partial charge in [0.15, 0.2) is 5.43 Å². The second-order valence-electron chi connectivity index (χ2n) is 3.33. The highest BCUT2D eigenvalue weighted by atomic mass is 16.2. The van der Waals surface area contributed by atoms with Gasteiger partial charge in [-0.05, 0) is 12.1 Å². The normalized spacial score (nSPS) is 10.0. The Morgan fingerprint density at radius 3 is 2.44 bits per heavy atom. The van der Waals surface area contributed by atoms with Gasteiger partial charge in [0.25, 0.3) is 5.91 Å². The molecule has 0 aliphatic rings. The first-order valence-corrected chi connectivity index (χ1v) is 4.76. The molecule has 80 valence electrons. The van der Waals surface area contributed by atoms with Gasteiger partial charge in [0.1, 0.15) is 5.56 Å². The number of carbonyl (C=O) groups excluding carboxylic acids is 1. The van der Waals surface area contributed by atoms with Crippen molar-refractivity contribution in [2.24, 2.45) is 5.73 Å². The van der Waals surface area contributed by atoms with Crippen LogP contribution in [0.25, 0.3) is 5.69 Å². The van der Waals surface area contributed by atoms with Crippen LogP contribution in [-0.2, 0) is 0 Å². The van der Waals surface area contributed by atoms with Crippen LogP contribution in [0.15, 0.2) is 53.6 Å². The van der Waals surface area contributed by atoms with Crippen LogP contribution in [0.5, 0.6) is 0 Å². The summed E-state index contributed by atoms with van der Waals surface area (Å²) in [5.41, 5.74) is 5.61. The van der Waals surface area contributed by atoms with Crippen molar-refractivity contribution in [1.29, 1.82) is 0 Å². The zero-order valence-electron chi connectivity index (χ0n) is 8.46. The molecule has 1 amide bonds. The summed E-state index contributed by atoms with van der Waals surface area (Å²) in [6, 6.07) is 10.7. The quantitative estimate of drug-likeness (QED) is 0.808. The molecule has 1 heterocycles. The standard InChI is InChI=1S/C12H10N2O2/c13-12(16)10-8-14(7-6-11(10)15)9-4-2-1-3-5-9/h1-8H,(H2,13,16). The Morgan fingerprint density at radius 1 is 1.12 bits per heavy atom. The van der Waals surface area contributed by atoms with E-state index >= 15 is 0 Å². The van der Waals surface area contributed by atoms with Crippen molar-refractivity contribution in [3.63, 3.8) is 0 Å². The third kappa shape index (κ3) is 1.86. The summed E-state index contributed by atoms with van der Waals surface area (Å²) in [6.45, 7) is 0. The Kier molecular flexibility index (Phi) is 2.55. The Balaban J connectivity index is 2.57. The van der Waals surface area contributed by atoms with Crippen LogP contribution in [0.2, 0.25) is 0 Å². The highest BCUT2D eigenvalue weighted by Gasteiger charge is 2.06. The summed E-state index contributed by atoms with van der Waals surface area (Å²) in [4.78, 5) is 22.3. The maximum Gasteiger partial charge on any atom is 0.254 e. The van der Waals surface area contributed by atoms with Crippen LogP contribution in [-0.4, -0.2) is 10.5 Å². The Hall–Kier alpha value is -2.36. The topological polar surface area (TPSA) is 65.1 Å². The van der Waals surface area contributed by atoms with E-state index in [1.165, 1.54) is 12.3 Å². The predicted octanol–water partition coefficient (Wildman–Crippen LogP) is 0.936. The highest BCUT2D eigenvalue weighted by molar-refractivity contribution is 5.92. The molecule has 0 aliphatic carbocycles. The number of rotatable bonds is 2. The van der Waals surface area contributed by atoms with Gasteiger partial charge < -0.3 is 10.3 Å². The van der Waals surface area contributed by atoms with Gasteiger partial charge in [-0.15, -0.1) is 0 Å². The average Bonchev–Trinajstić information content (AvgIpc) is 2.30. The number of benzene rings is 1. The molecule has 2 N–H and O–H groups in total. The van der Waals surface area contributed by atoms with E-state index in [0.29, 0.717) is 0 Å². The molecule has 0 unspecified atom stereocenters. The maximum absolute atomic E-state index is 11.3. The molecular formula is C12H10N2O2. The van der Waals surface area contributed by atoms with E-state index in [0.717, 1.165) is 5.69 Å². The monoisotopic (exact) mass is 214 g/mol. The number of primary amides is 1. The zero-order valence-corrected chi connectivity index (χ0v) is 8.46. The lowest BCUT2D eigenvalue weighted by molar-refractivity contribution is 0.0998. The Morgan fingerprint density at radius 2 is 1.81 bits per heavy atom. The van der Waals surface area contributed by atoms with Gasteiger partial charge in [-0.1, -0.05) is 18.2 Å². The second kappa shape index (κ2) is 4.02. The van der Waals surface area contributed by atoms with Gasteiger partial charge in [0, 0.05) is 24.1 Å². The molecule has 0 spiro atoms. The number of pyridine rings is 1. The minimum atomic E-state index is -0.713. The molecule has 2 rings (SSSR count). The number of hydrogen-bond donors (Lipinski definition) is 1. The number of nitrogens with two attached hydrogens (primary N) is 1. The molecule has 0 aliphatic heterocycles. The SMILES string of the molecule is NC(=O)c1cn(-c2ccccc2)ccc1=O. The van der Waals surface area contributed by atoms with Crippen molar-refractivity contribution in [1.82, 2.24) is 4.57 Å². The van der Waals surface area contributed by atoms with Crippen LogP contribution < -0.4 is 11.2 Å². The first-order valence-electron chi connectivity index (χ1n) is 4.76. The van der Waals surface area contributed by atoms with Gasteiger partial charge in [0.05, 0.1) is 0 Å². The van der Waals surface area contributed by atoms with Gasteiger partial charge in [-0.3, -0.25) is 9.59 Å². The lowest BCUT2D eigenvalue weighted by atomic mass is 10.2. The largest absolute Gasteiger partial charge is 0.365 e. The summed E-state index contributed by atoms with van der Waals surface area (Å²) in [6.07, 6.45) is 3.05.